The van der Waals surface area contributed by atoms with Crippen molar-refractivity contribution in [1.82, 2.24) is 4.72 Å². The van der Waals surface area contributed by atoms with Gasteiger partial charge in [0.05, 0.1) is 11.0 Å². The zero-order valence-electron chi connectivity index (χ0n) is 6.93. The van der Waals surface area contributed by atoms with Gasteiger partial charge in [-0.3, -0.25) is 0 Å². The Hall–Kier alpha value is 0.0700. The normalized spacial score (nSPS) is 21.2. The van der Waals surface area contributed by atoms with E-state index in [2.05, 4.69) is 4.72 Å². The van der Waals surface area contributed by atoms with E-state index in [9.17, 15) is 4.21 Å². The molecule has 1 atom stereocenters. The highest BCUT2D eigenvalue weighted by Gasteiger charge is 2.15. The minimum atomic E-state index is -0.767. The molecule has 70 valence electrons. The molecule has 0 heterocycles. The van der Waals surface area contributed by atoms with E-state index in [1.165, 1.54) is 25.7 Å². The smallest absolute Gasteiger partial charge is 0.0915 e. The van der Waals surface area contributed by atoms with Gasteiger partial charge in [-0.25, -0.2) is 8.93 Å². The minimum absolute atomic E-state index is 0. The van der Waals surface area contributed by atoms with E-state index in [4.69, 9.17) is 0 Å². The van der Waals surface area contributed by atoms with Crippen LogP contribution in [0.1, 0.15) is 34.0 Å². The molecular formula is C7H19NO2S. The summed E-state index contributed by atoms with van der Waals surface area (Å²) in [6, 6.07) is 0.542. The molecule has 11 heavy (non-hydrogen) atoms. The summed E-state index contributed by atoms with van der Waals surface area (Å²) in [5.74, 6) is 0.733. The van der Waals surface area contributed by atoms with Crippen molar-refractivity contribution in [2.24, 2.45) is 0 Å². The maximum Gasteiger partial charge on any atom is 0.0915 e. The van der Waals surface area contributed by atoms with Crippen LogP contribution in [-0.2, 0) is 11.0 Å². The fourth-order valence-electron chi connectivity index (χ4n) is 1.31. The van der Waals surface area contributed by atoms with Crippen LogP contribution in [0.25, 0.3) is 0 Å². The third-order valence-electron chi connectivity index (χ3n) is 1.92. The fraction of sp³-hybridized carbons (Fsp3) is 1.00. The number of hydrogen-bond donors (Lipinski definition) is 1. The second-order valence-electron chi connectivity index (χ2n) is 2.73. The average Bonchev–Trinajstić information content (AvgIpc) is 2.40. The summed E-state index contributed by atoms with van der Waals surface area (Å²) in [5.41, 5.74) is 0. The van der Waals surface area contributed by atoms with E-state index in [1.54, 1.807) is 0 Å². The summed E-state index contributed by atoms with van der Waals surface area (Å²) in [5, 5.41) is 0. The Balaban J connectivity index is 0. The quantitative estimate of drug-likeness (QED) is 0.682. The molecule has 0 amide bonds. The molecule has 0 bridgehead atoms. The second kappa shape index (κ2) is 5.69. The Kier molecular flexibility index (Phi) is 5.72. The van der Waals surface area contributed by atoms with Gasteiger partial charge in [0, 0.05) is 13.2 Å². The molecule has 1 unspecified atom stereocenters. The van der Waals surface area contributed by atoms with Gasteiger partial charge in [-0.15, -0.1) is 0 Å². The first kappa shape index (κ1) is 11.1. The summed E-state index contributed by atoms with van der Waals surface area (Å²) in [6.45, 7) is 1.94. The molecule has 3 N–H and O–H groups in total. The Labute approximate surface area is 71.9 Å². The van der Waals surface area contributed by atoms with Crippen LogP contribution < -0.4 is 4.72 Å². The zero-order chi connectivity index (χ0) is 7.40. The molecule has 0 radical (unpaired) electrons. The molecule has 3 nitrogen and oxygen atoms in total. The Bertz CT molecular complexity index is 129. The van der Waals surface area contributed by atoms with Gasteiger partial charge in [-0.05, 0) is 12.8 Å². The van der Waals surface area contributed by atoms with E-state index in [-0.39, 0.29) is 6.90 Å². The highest BCUT2D eigenvalue weighted by molar-refractivity contribution is 7.82. The average molecular weight is 181 g/mol. The summed E-state index contributed by atoms with van der Waals surface area (Å²) in [6.07, 6.45) is 5.04. The second-order valence-corrected chi connectivity index (χ2v) is 4.24. The van der Waals surface area contributed by atoms with Gasteiger partial charge in [0.2, 0.25) is 0 Å². The van der Waals surface area contributed by atoms with Gasteiger partial charge in [-0.1, -0.05) is 19.8 Å². The molecule has 1 rings (SSSR count). The first-order valence-corrected chi connectivity index (χ1v) is 5.29. The van der Waals surface area contributed by atoms with Crippen LogP contribution in [0.3, 0.4) is 0 Å². The van der Waals surface area contributed by atoms with Crippen LogP contribution in [0, 0.1) is 0 Å². The van der Waals surface area contributed by atoms with Crippen molar-refractivity contribution in [3.8, 4) is 0 Å². The van der Waals surface area contributed by atoms with E-state index in [0.29, 0.717) is 6.04 Å². The molecule has 0 spiro atoms. The zero-order valence-corrected chi connectivity index (χ0v) is 7.75. The van der Waals surface area contributed by atoms with Crippen LogP contribution in [-0.4, -0.2) is 21.5 Å². The van der Waals surface area contributed by atoms with Crippen molar-refractivity contribution >= 4 is 11.0 Å². The summed E-state index contributed by atoms with van der Waals surface area (Å²) < 4.78 is 14.1. The molecule has 0 saturated heterocycles. The van der Waals surface area contributed by atoms with Crippen LogP contribution in [0.2, 0.25) is 0 Å². The molecule has 0 aromatic rings. The maximum atomic E-state index is 11.0. The van der Waals surface area contributed by atoms with Crippen LogP contribution in [0.5, 0.6) is 0 Å². The lowest BCUT2D eigenvalue weighted by Crippen LogP contribution is -2.28. The number of hydrogen-bond acceptors (Lipinski definition) is 1. The van der Waals surface area contributed by atoms with Crippen molar-refractivity contribution in [2.45, 2.75) is 38.6 Å². The van der Waals surface area contributed by atoms with Crippen molar-refractivity contribution in [3.63, 3.8) is 0 Å². The van der Waals surface area contributed by atoms with Gasteiger partial charge in [0.15, 0.2) is 0 Å². The van der Waals surface area contributed by atoms with Gasteiger partial charge < -0.3 is 5.48 Å². The summed E-state index contributed by atoms with van der Waals surface area (Å²) in [4.78, 5) is 0. The van der Waals surface area contributed by atoms with Gasteiger partial charge in [0.25, 0.3) is 0 Å². The highest BCUT2D eigenvalue weighted by atomic mass is 32.2. The molecular weight excluding hydrogens is 162 g/mol. The summed E-state index contributed by atoms with van der Waals surface area (Å²) >= 11 is 0. The Morgan fingerprint density at radius 1 is 1.55 bits per heavy atom. The summed E-state index contributed by atoms with van der Waals surface area (Å²) in [7, 11) is -0.767. The molecule has 4 heteroatoms. The molecule has 1 fully saturated rings. The van der Waals surface area contributed by atoms with Crippen molar-refractivity contribution in [3.05, 3.63) is 0 Å². The van der Waals surface area contributed by atoms with Crippen LogP contribution in [0.4, 0.5) is 0 Å². The van der Waals surface area contributed by atoms with Crippen molar-refractivity contribution < 1.29 is 11.1 Å². The monoisotopic (exact) mass is 181 g/mol. The molecule has 0 aromatic carbocycles. The molecule has 1 aliphatic rings. The van der Waals surface area contributed by atoms with Gasteiger partial charge >= 0.3 is 0 Å². The van der Waals surface area contributed by atoms with E-state index >= 15 is 0 Å². The van der Waals surface area contributed by atoms with Crippen molar-refractivity contribution in [2.75, 3.05) is 5.75 Å². The topological polar surface area (TPSA) is 60.6 Å². The lowest BCUT2D eigenvalue weighted by molar-refractivity contribution is 0.618. The van der Waals surface area contributed by atoms with Crippen LogP contribution in [0.15, 0.2) is 0 Å². The largest absolute Gasteiger partial charge is 0.412 e. The molecule has 0 aromatic heterocycles. The molecule has 0 aliphatic heterocycles. The van der Waals surface area contributed by atoms with Gasteiger partial charge in [0.1, 0.15) is 0 Å². The number of nitrogens with one attached hydrogen (secondary N) is 1. The first-order valence-electron chi connectivity index (χ1n) is 3.97. The lowest BCUT2D eigenvalue weighted by atomic mass is 10.3. The minimum Gasteiger partial charge on any atom is -0.412 e. The SMILES string of the molecule is CCS(=O)NC1CCCC1.O.[HH]. The third-order valence-corrected chi connectivity index (χ3v) is 3.04. The predicted octanol–water partition coefficient (Wildman–Crippen LogP) is 0.623. The lowest BCUT2D eigenvalue weighted by Gasteiger charge is -2.08. The fourth-order valence-corrected chi connectivity index (χ4v) is 2.09. The molecule has 1 aliphatic carbocycles. The van der Waals surface area contributed by atoms with Gasteiger partial charge in [-0.2, -0.15) is 0 Å². The van der Waals surface area contributed by atoms with E-state index in [0.717, 1.165) is 5.75 Å². The third kappa shape index (κ3) is 3.84. The number of rotatable bonds is 3. The van der Waals surface area contributed by atoms with E-state index in [1.807, 2.05) is 6.92 Å². The predicted molar refractivity (Wildman–Crippen MR) is 49.8 cm³/mol. The van der Waals surface area contributed by atoms with Crippen LogP contribution >= 0.6 is 0 Å². The molecule has 1 saturated carbocycles. The first-order chi connectivity index (χ1) is 4.83. The maximum absolute atomic E-state index is 11.0. The highest BCUT2D eigenvalue weighted by Crippen LogP contribution is 2.17. The van der Waals surface area contributed by atoms with Crippen molar-refractivity contribution in [1.29, 1.82) is 0 Å². The Morgan fingerprint density at radius 2 is 2.09 bits per heavy atom. The standard InChI is InChI=1S/C7H15NOS.H2O.H2/c1-2-10(9)8-7-5-3-4-6-7;;/h7-8H,2-6H2,1H3;1H2;1H. The Morgan fingerprint density at radius 3 is 2.55 bits per heavy atom. The van der Waals surface area contributed by atoms with E-state index < -0.39 is 11.0 Å².